The van der Waals surface area contributed by atoms with Crippen LogP contribution in [-0.2, 0) is 6.42 Å². The van der Waals surface area contributed by atoms with Crippen molar-refractivity contribution in [1.82, 2.24) is 4.98 Å². The Hall–Kier alpha value is -1.77. The quantitative estimate of drug-likeness (QED) is 0.597. The van der Waals surface area contributed by atoms with E-state index in [-0.39, 0.29) is 0 Å². The number of H-pyrrole nitrogens is 1. The van der Waals surface area contributed by atoms with Crippen LogP contribution in [-0.4, -0.2) is 10.7 Å². The molecule has 0 amide bonds. The average Bonchev–Trinajstić information content (AvgIpc) is 2.93. The molecule has 0 spiro atoms. The third kappa shape index (κ3) is 2.15. The van der Waals surface area contributed by atoms with Crippen molar-refractivity contribution in [1.29, 1.82) is 0 Å². The van der Waals surface area contributed by atoms with Crippen LogP contribution < -0.4 is 5.84 Å². The second kappa shape index (κ2) is 5.21. The SMILES string of the molecule is N/N=C1\CCCc2c1[nH]c1ccc(C3CCCCC3)cc21. The smallest absolute Gasteiger partial charge is 0.0837 e. The number of rotatable bonds is 1. The van der Waals surface area contributed by atoms with Gasteiger partial charge in [0.1, 0.15) is 0 Å². The lowest BCUT2D eigenvalue weighted by molar-refractivity contribution is 0.444. The number of hydrogen-bond donors (Lipinski definition) is 2. The van der Waals surface area contributed by atoms with Gasteiger partial charge in [0.2, 0.25) is 0 Å². The van der Waals surface area contributed by atoms with Gasteiger partial charge in [-0.3, -0.25) is 0 Å². The minimum atomic E-state index is 0.764. The zero-order valence-electron chi connectivity index (χ0n) is 12.5. The lowest BCUT2D eigenvalue weighted by atomic mass is 9.83. The molecule has 21 heavy (non-hydrogen) atoms. The van der Waals surface area contributed by atoms with Crippen LogP contribution in [0, 0.1) is 0 Å². The molecule has 1 fully saturated rings. The van der Waals surface area contributed by atoms with Gasteiger partial charge < -0.3 is 10.8 Å². The summed E-state index contributed by atoms with van der Waals surface area (Å²) in [6.07, 6.45) is 10.2. The second-order valence-corrected chi connectivity index (χ2v) is 6.55. The molecule has 0 unspecified atom stereocenters. The molecular formula is C18H23N3. The maximum absolute atomic E-state index is 5.55. The van der Waals surface area contributed by atoms with E-state index in [9.17, 15) is 0 Å². The highest BCUT2D eigenvalue weighted by Crippen LogP contribution is 2.36. The van der Waals surface area contributed by atoms with Crippen LogP contribution in [0.3, 0.4) is 0 Å². The molecule has 110 valence electrons. The van der Waals surface area contributed by atoms with Crippen LogP contribution in [0.1, 0.15) is 67.7 Å². The van der Waals surface area contributed by atoms with Crippen molar-refractivity contribution < 1.29 is 0 Å². The van der Waals surface area contributed by atoms with E-state index >= 15 is 0 Å². The molecule has 2 aliphatic carbocycles. The van der Waals surface area contributed by atoms with Gasteiger partial charge in [-0.25, -0.2) is 0 Å². The van der Waals surface area contributed by atoms with E-state index in [2.05, 4.69) is 28.3 Å². The van der Waals surface area contributed by atoms with Crippen LogP contribution >= 0.6 is 0 Å². The summed E-state index contributed by atoms with van der Waals surface area (Å²) in [5.41, 5.74) is 6.41. The summed E-state index contributed by atoms with van der Waals surface area (Å²) in [7, 11) is 0. The highest BCUT2D eigenvalue weighted by molar-refractivity contribution is 6.06. The average molecular weight is 281 g/mol. The van der Waals surface area contributed by atoms with Crippen LogP contribution in [0.25, 0.3) is 10.9 Å². The topological polar surface area (TPSA) is 54.2 Å². The highest BCUT2D eigenvalue weighted by atomic mass is 15.1. The number of hydrogen-bond acceptors (Lipinski definition) is 2. The first-order valence-electron chi connectivity index (χ1n) is 8.28. The molecule has 1 aromatic heterocycles. The molecule has 1 saturated carbocycles. The number of nitrogens with one attached hydrogen (secondary N) is 1. The van der Waals surface area contributed by atoms with E-state index in [0.717, 1.165) is 30.9 Å². The largest absolute Gasteiger partial charge is 0.353 e. The number of aromatic amines is 1. The van der Waals surface area contributed by atoms with Crippen molar-refractivity contribution in [2.45, 2.75) is 57.3 Å². The van der Waals surface area contributed by atoms with Gasteiger partial charge in [-0.15, -0.1) is 0 Å². The first-order valence-corrected chi connectivity index (χ1v) is 8.28. The Bertz CT molecular complexity index is 690. The van der Waals surface area contributed by atoms with Gasteiger partial charge in [0.05, 0.1) is 11.4 Å². The van der Waals surface area contributed by atoms with E-state index in [1.54, 1.807) is 0 Å². The van der Waals surface area contributed by atoms with Gasteiger partial charge in [0, 0.05) is 10.9 Å². The van der Waals surface area contributed by atoms with Gasteiger partial charge in [0.15, 0.2) is 0 Å². The number of aromatic nitrogens is 1. The Morgan fingerprint density at radius 2 is 1.90 bits per heavy atom. The molecule has 0 saturated heterocycles. The summed E-state index contributed by atoms with van der Waals surface area (Å²) in [6, 6.07) is 7.01. The van der Waals surface area contributed by atoms with Crippen LogP contribution in [0.5, 0.6) is 0 Å². The second-order valence-electron chi connectivity index (χ2n) is 6.55. The van der Waals surface area contributed by atoms with E-state index in [1.165, 1.54) is 59.8 Å². The van der Waals surface area contributed by atoms with Crippen LogP contribution in [0.2, 0.25) is 0 Å². The Morgan fingerprint density at radius 3 is 2.71 bits per heavy atom. The highest BCUT2D eigenvalue weighted by Gasteiger charge is 2.22. The fraction of sp³-hybridized carbons (Fsp3) is 0.500. The Balaban J connectivity index is 1.80. The molecule has 4 rings (SSSR count). The predicted octanol–water partition coefficient (Wildman–Crippen LogP) is 4.21. The van der Waals surface area contributed by atoms with Crippen molar-refractivity contribution in [3.05, 3.63) is 35.0 Å². The minimum Gasteiger partial charge on any atom is -0.353 e. The molecule has 0 atom stereocenters. The molecule has 0 bridgehead atoms. The molecule has 0 aliphatic heterocycles. The van der Waals surface area contributed by atoms with Crippen molar-refractivity contribution in [2.75, 3.05) is 0 Å². The summed E-state index contributed by atoms with van der Waals surface area (Å²) in [6.45, 7) is 0. The lowest BCUT2D eigenvalue weighted by Gasteiger charge is -2.22. The molecule has 3 heteroatoms. The summed E-state index contributed by atoms with van der Waals surface area (Å²) >= 11 is 0. The molecule has 1 aromatic carbocycles. The summed E-state index contributed by atoms with van der Waals surface area (Å²) in [5, 5.41) is 5.38. The third-order valence-corrected chi connectivity index (χ3v) is 5.29. The number of aryl methyl sites for hydroxylation is 1. The fourth-order valence-electron chi connectivity index (χ4n) is 4.15. The number of nitrogens with two attached hydrogens (primary N) is 1. The number of hydrazone groups is 1. The van der Waals surface area contributed by atoms with Crippen LogP contribution in [0.15, 0.2) is 23.3 Å². The maximum Gasteiger partial charge on any atom is 0.0837 e. The molecule has 2 aromatic rings. The van der Waals surface area contributed by atoms with Crippen LogP contribution in [0.4, 0.5) is 0 Å². The standard InChI is InChI=1S/C18H23N3/c19-21-17-8-4-7-14-15-11-13(12-5-2-1-3-6-12)9-10-16(15)20-18(14)17/h9-12,20H,1-8,19H2/b21-17+. The number of nitrogens with zero attached hydrogens (tertiary/aromatic N) is 1. The third-order valence-electron chi connectivity index (χ3n) is 5.29. The van der Waals surface area contributed by atoms with Crippen molar-refractivity contribution >= 4 is 16.6 Å². The molecule has 0 radical (unpaired) electrons. The Labute approximate surface area is 125 Å². The van der Waals surface area contributed by atoms with Gasteiger partial charge in [-0.1, -0.05) is 25.3 Å². The van der Waals surface area contributed by atoms with E-state index in [1.807, 2.05) is 0 Å². The van der Waals surface area contributed by atoms with Gasteiger partial charge >= 0.3 is 0 Å². The normalized spacial score (nSPS) is 21.8. The Kier molecular flexibility index (Phi) is 3.21. The summed E-state index contributed by atoms with van der Waals surface area (Å²) < 4.78 is 0. The van der Waals surface area contributed by atoms with E-state index < -0.39 is 0 Å². The van der Waals surface area contributed by atoms with E-state index in [4.69, 9.17) is 5.84 Å². The lowest BCUT2D eigenvalue weighted by Crippen LogP contribution is -2.13. The van der Waals surface area contributed by atoms with Crippen molar-refractivity contribution in [2.24, 2.45) is 10.9 Å². The first kappa shape index (κ1) is 12.9. The van der Waals surface area contributed by atoms with E-state index in [0.29, 0.717) is 0 Å². The minimum absolute atomic E-state index is 0.764. The van der Waals surface area contributed by atoms with Gasteiger partial charge in [-0.05, 0) is 61.3 Å². The summed E-state index contributed by atoms with van der Waals surface area (Å²) in [4.78, 5) is 3.54. The number of benzene rings is 1. The zero-order chi connectivity index (χ0) is 14.2. The molecule has 1 heterocycles. The van der Waals surface area contributed by atoms with Crippen molar-refractivity contribution in [3.8, 4) is 0 Å². The fourth-order valence-corrected chi connectivity index (χ4v) is 4.15. The van der Waals surface area contributed by atoms with Gasteiger partial charge in [-0.2, -0.15) is 5.10 Å². The Morgan fingerprint density at radius 1 is 1.05 bits per heavy atom. The predicted molar refractivity (Wildman–Crippen MR) is 87.8 cm³/mol. The molecule has 3 nitrogen and oxygen atoms in total. The zero-order valence-corrected chi connectivity index (χ0v) is 12.5. The monoisotopic (exact) mass is 281 g/mol. The van der Waals surface area contributed by atoms with Crippen molar-refractivity contribution in [3.63, 3.8) is 0 Å². The molecular weight excluding hydrogens is 258 g/mol. The summed E-state index contributed by atoms with van der Waals surface area (Å²) in [5.74, 6) is 6.32. The number of fused-ring (bicyclic) bond motifs is 3. The first-order chi connectivity index (χ1) is 10.4. The molecule has 2 aliphatic rings. The van der Waals surface area contributed by atoms with Gasteiger partial charge in [0.25, 0.3) is 0 Å². The maximum atomic E-state index is 5.55. The molecule has 3 N–H and O–H groups in total.